The lowest BCUT2D eigenvalue weighted by molar-refractivity contribution is -0.118. The van der Waals surface area contributed by atoms with Gasteiger partial charge in [0.05, 0.1) is 0 Å². The summed E-state index contributed by atoms with van der Waals surface area (Å²) >= 11 is 0. The average Bonchev–Trinajstić information content (AvgIpc) is 3.54. The van der Waals surface area contributed by atoms with Gasteiger partial charge in [-0.15, -0.1) is 0 Å². The Hall–Kier alpha value is -2.84. The quantitative estimate of drug-likeness (QED) is 0.584. The summed E-state index contributed by atoms with van der Waals surface area (Å²) in [5.74, 6) is -0.254. The third-order valence-corrected chi connectivity index (χ3v) is 6.27. The van der Waals surface area contributed by atoms with Crippen molar-refractivity contribution in [2.45, 2.75) is 58.2 Å². The van der Waals surface area contributed by atoms with Gasteiger partial charge < -0.3 is 9.88 Å². The van der Waals surface area contributed by atoms with Crippen LogP contribution >= 0.6 is 0 Å². The second kappa shape index (κ2) is 8.89. The molecule has 1 saturated carbocycles. The molecule has 2 heterocycles. The summed E-state index contributed by atoms with van der Waals surface area (Å²) in [6.07, 6.45) is 6.00. The van der Waals surface area contributed by atoms with Crippen LogP contribution in [0, 0.1) is 25.2 Å². The second-order valence-corrected chi connectivity index (χ2v) is 8.61. The Morgan fingerprint density at radius 2 is 1.87 bits per heavy atom. The number of aryl methyl sites for hydroxylation is 1. The van der Waals surface area contributed by atoms with Crippen molar-refractivity contribution in [1.29, 1.82) is 5.26 Å². The molecule has 5 heteroatoms. The van der Waals surface area contributed by atoms with E-state index < -0.39 is 0 Å². The van der Waals surface area contributed by atoms with Crippen molar-refractivity contribution in [2.24, 2.45) is 0 Å². The number of benzene rings is 1. The first-order valence-electron chi connectivity index (χ1n) is 10.9. The first kappa shape index (κ1) is 20.4. The van der Waals surface area contributed by atoms with E-state index in [1.54, 1.807) is 6.08 Å². The molecule has 0 unspecified atom stereocenters. The number of nitriles is 1. The molecule has 0 bridgehead atoms. The fraction of sp³-hybridized carbons (Fsp3) is 0.440. The number of nitrogens with zero attached hydrogens (tertiary/aromatic N) is 3. The summed E-state index contributed by atoms with van der Waals surface area (Å²) < 4.78 is 2.33. The van der Waals surface area contributed by atoms with Gasteiger partial charge in [-0.05, 0) is 62.8 Å². The van der Waals surface area contributed by atoms with Crippen LogP contribution in [0.3, 0.4) is 0 Å². The lowest BCUT2D eigenvalue weighted by atomic mass is 10.0. The highest BCUT2D eigenvalue weighted by Gasteiger charge is 2.27. The minimum Gasteiger partial charge on any atom is -0.349 e. The second-order valence-electron chi connectivity index (χ2n) is 8.61. The number of amides is 1. The fourth-order valence-corrected chi connectivity index (χ4v) is 4.49. The zero-order chi connectivity index (χ0) is 21.1. The number of aromatic nitrogens is 1. The summed E-state index contributed by atoms with van der Waals surface area (Å²) in [6.45, 7) is 7.02. The average molecular weight is 403 g/mol. The van der Waals surface area contributed by atoms with Gasteiger partial charge in [-0.1, -0.05) is 30.3 Å². The topological polar surface area (TPSA) is 61.1 Å². The van der Waals surface area contributed by atoms with E-state index in [4.69, 9.17) is 0 Å². The number of likely N-dealkylation sites (tertiary alicyclic amines) is 1. The first-order valence-corrected chi connectivity index (χ1v) is 10.9. The lowest BCUT2D eigenvalue weighted by Gasteiger charge is -2.32. The number of hydrogen-bond donors (Lipinski definition) is 1. The Morgan fingerprint density at radius 3 is 2.50 bits per heavy atom. The third kappa shape index (κ3) is 4.66. The van der Waals surface area contributed by atoms with Gasteiger partial charge in [0.15, 0.2) is 0 Å². The van der Waals surface area contributed by atoms with Crippen molar-refractivity contribution in [2.75, 3.05) is 13.1 Å². The molecule has 5 nitrogen and oxygen atoms in total. The normalized spacial score (nSPS) is 18.2. The molecule has 1 aromatic heterocycles. The van der Waals surface area contributed by atoms with Crippen LogP contribution in [0.1, 0.15) is 54.2 Å². The molecule has 1 aromatic carbocycles. The number of rotatable bonds is 6. The Balaban J connectivity index is 1.35. The van der Waals surface area contributed by atoms with Gasteiger partial charge in [-0.25, -0.2) is 0 Å². The maximum Gasteiger partial charge on any atom is 0.262 e. The van der Waals surface area contributed by atoms with Crippen LogP contribution in [-0.2, 0) is 11.3 Å². The van der Waals surface area contributed by atoms with E-state index in [0.717, 1.165) is 43.7 Å². The molecule has 156 valence electrons. The van der Waals surface area contributed by atoms with E-state index >= 15 is 0 Å². The van der Waals surface area contributed by atoms with Crippen molar-refractivity contribution in [3.05, 3.63) is 64.5 Å². The predicted molar refractivity (Wildman–Crippen MR) is 119 cm³/mol. The van der Waals surface area contributed by atoms with E-state index in [1.807, 2.05) is 6.07 Å². The van der Waals surface area contributed by atoms with Crippen LogP contribution in [0.5, 0.6) is 0 Å². The van der Waals surface area contributed by atoms with E-state index in [0.29, 0.717) is 6.04 Å². The Labute approximate surface area is 179 Å². The monoisotopic (exact) mass is 402 g/mol. The molecule has 4 rings (SSSR count). The van der Waals surface area contributed by atoms with E-state index in [9.17, 15) is 10.1 Å². The number of nitrogens with one attached hydrogen (secondary N) is 1. The summed E-state index contributed by atoms with van der Waals surface area (Å²) in [5.41, 5.74) is 4.83. The molecule has 0 spiro atoms. The van der Waals surface area contributed by atoms with Crippen molar-refractivity contribution in [3.8, 4) is 6.07 Å². The lowest BCUT2D eigenvalue weighted by Crippen LogP contribution is -2.44. The third-order valence-electron chi connectivity index (χ3n) is 6.27. The molecule has 1 aliphatic carbocycles. The molecular formula is C25H30N4O. The molecule has 0 atom stereocenters. The molecule has 2 aromatic rings. The largest absolute Gasteiger partial charge is 0.349 e. The van der Waals surface area contributed by atoms with Crippen LogP contribution in [-0.4, -0.2) is 34.5 Å². The van der Waals surface area contributed by atoms with Gasteiger partial charge >= 0.3 is 0 Å². The van der Waals surface area contributed by atoms with Crippen LogP contribution in [0.2, 0.25) is 0 Å². The summed E-state index contributed by atoms with van der Waals surface area (Å²) in [6, 6.07) is 15.4. The van der Waals surface area contributed by atoms with Crippen molar-refractivity contribution >= 4 is 12.0 Å². The van der Waals surface area contributed by atoms with Crippen molar-refractivity contribution in [1.82, 2.24) is 14.8 Å². The molecule has 1 saturated heterocycles. The molecular weight excluding hydrogens is 372 g/mol. The molecule has 0 radical (unpaired) electrons. The maximum atomic E-state index is 12.7. The molecule has 1 amide bonds. The zero-order valence-electron chi connectivity index (χ0n) is 17.9. The summed E-state index contributed by atoms with van der Waals surface area (Å²) in [7, 11) is 0. The van der Waals surface area contributed by atoms with Crippen LogP contribution in [0.15, 0.2) is 42.0 Å². The van der Waals surface area contributed by atoms with Gasteiger partial charge in [0.1, 0.15) is 11.6 Å². The maximum absolute atomic E-state index is 12.7. The number of piperidine rings is 1. The highest BCUT2D eigenvalue weighted by Crippen LogP contribution is 2.38. The Morgan fingerprint density at radius 1 is 1.17 bits per heavy atom. The van der Waals surface area contributed by atoms with E-state index in [1.165, 1.54) is 24.1 Å². The van der Waals surface area contributed by atoms with E-state index in [2.05, 4.69) is 65.0 Å². The van der Waals surface area contributed by atoms with Crippen molar-refractivity contribution < 1.29 is 4.79 Å². The van der Waals surface area contributed by atoms with Crippen LogP contribution in [0.4, 0.5) is 0 Å². The minimum absolute atomic E-state index is 0.125. The molecule has 30 heavy (non-hydrogen) atoms. The zero-order valence-corrected chi connectivity index (χ0v) is 17.9. The fourth-order valence-electron chi connectivity index (χ4n) is 4.49. The van der Waals surface area contributed by atoms with Gasteiger partial charge in [0, 0.05) is 43.1 Å². The highest BCUT2D eigenvalue weighted by molar-refractivity contribution is 6.02. The smallest absolute Gasteiger partial charge is 0.262 e. The SMILES string of the molecule is Cc1cc(C=C(C#N)C(=O)NC2CCN(Cc3ccccc3)CC2)c(C)n1C1CC1. The minimum atomic E-state index is -0.254. The van der Waals surface area contributed by atoms with Gasteiger partial charge in [-0.3, -0.25) is 9.69 Å². The van der Waals surface area contributed by atoms with E-state index in [-0.39, 0.29) is 17.5 Å². The predicted octanol–water partition coefficient (Wildman–Crippen LogP) is 4.13. The van der Waals surface area contributed by atoms with Crippen LogP contribution < -0.4 is 5.32 Å². The molecule has 2 aliphatic rings. The highest BCUT2D eigenvalue weighted by atomic mass is 16.1. The summed E-state index contributed by atoms with van der Waals surface area (Å²) in [5, 5.41) is 12.7. The number of carbonyl (C=O) groups is 1. The molecule has 2 fully saturated rings. The molecule has 1 aliphatic heterocycles. The van der Waals surface area contributed by atoms with Crippen molar-refractivity contribution in [3.63, 3.8) is 0 Å². The summed E-state index contributed by atoms with van der Waals surface area (Å²) in [4.78, 5) is 15.2. The Bertz CT molecular complexity index is 971. The van der Waals surface area contributed by atoms with Gasteiger partial charge in [0.25, 0.3) is 5.91 Å². The first-order chi connectivity index (χ1) is 14.5. The standard InChI is InChI=1S/C25H30N4O/c1-18-14-21(19(2)29(18)24-8-9-24)15-22(16-26)25(30)27-23-10-12-28(13-11-23)17-20-6-4-3-5-7-20/h3-7,14-15,23-24H,8-13,17H2,1-2H3,(H,27,30). The number of carbonyl (C=O) groups excluding carboxylic acids is 1. The Kier molecular flexibility index (Phi) is 6.06. The number of hydrogen-bond acceptors (Lipinski definition) is 3. The van der Waals surface area contributed by atoms with Gasteiger partial charge in [0.2, 0.25) is 0 Å². The molecule has 1 N–H and O–H groups in total. The van der Waals surface area contributed by atoms with Gasteiger partial charge in [-0.2, -0.15) is 5.26 Å². The van der Waals surface area contributed by atoms with Crippen LogP contribution in [0.25, 0.3) is 6.08 Å².